The molecule has 0 fully saturated rings. The first-order valence-corrected chi connectivity index (χ1v) is 6.30. The van der Waals surface area contributed by atoms with Crippen LogP contribution in [-0.4, -0.2) is 9.78 Å². The number of benzene rings is 1. The molecule has 3 nitrogen and oxygen atoms in total. The highest BCUT2D eigenvalue weighted by Gasteiger charge is 2.36. The maximum absolute atomic E-state index is 13.3. The summed E-state index contributed by atoms with van der Waals surface area (Å²) >= 11 is 3.17. The molecule has 1 unspecified atom stereocenters. The van der Waals surface area contributed by atoms with E-state index in [1.165, 1.54) is 10.9 Å². The monoisotopic (exact) mass is 351 g/mol. The summed E-state index contributed by atoms with van der Waals surface area (Å²) in [4.78, 5) is 0. The molecule has 2 rings (SSSR count). The molecule has 108 valence electrons. The molecular formula is C12H10BrF4N3. The minimum Gasteiger partial charge on any atom is -0.319 e. The lowest BCUT2D eigenvalue weighted by Crippen LogP contribution is -2.21. The van der Waals surface area contributed by atoms with Gasteiger partial charge < -0.3 is 5.73 Å². The van der Waals surface area contributed by atoms with Gasteiger partial charge in [0.15, 0.2) is 0 Å². The van der Waals surface area contributed by atoms with Gasteiger partial charge in [-0.3, -0.25) is 4.68 Å². The van der Waals surface area contributed by atoms with Crippen molar-refractivity contribution in [1.82, 2.24) is 9.78 Å². The molecule has 0 aliphatic rings. The minimum atomic E-state index is -4.61. The Labute approximate surface area is 120 Å². The number of hydrogen-bond acceptors (Lipinski definition) is 2. The first-order chi connectivity index (χ1) is 9.21. The molecule has 0 saturated heterocycles. The summed E-state index contributed by atoms with van der Waals surface area (Å²) in [6.07, 6.45) is -3.19. The molecule has 1 atom stereocenters. The third-order valence-corrected chi connectivity index (χ3v) is 3.50. The van der Waals surface area contributed by atoms with Crippen molar-refractivity contribution in [2.75, 3.05) is 0 Å². The summed E-state index contributed by atoms with van der Waals surface area (Å²) in [6, 6.07) is 1.10. The number of hydrogen-bond donors (Lipinski definition) is 1. The number of nitrogens with two attached hydrogens (primary N) is 1. The molecule has 8 heteroatoms. The summed E-state index contributed by atoms with van der Waals surface area (Å²) in [7, 11) is 1.55. The van der Waals surface area contributed by atoms with Gasteiger partial charge in [-0.2, -0.15) is 18.3 Å². The quantitative estimate of drug-likeness (QED) is 0.843. The fourth-order valence-electron chi connectivity index (χ4n) is 1.97. The van der Waals surface area contributed by atoms with Gasteiger partial charge >= 0.3 is 6.18 Å². The smallest absolute Gasteiger partial charge is 0.319 e. The van der Waals surface area contributed by atoms with Gasteiger partial charge in [0, 0.05) is 7.05 Å². The molecule has 0 aliphatic heterocycles. The van der Waals surface area contributed by atoms with Gasteiger partial charge in [-0.05, 0) is 39.7 Å². The Morgan fingerprint density at radius 1 is 1.35 bits per heavy atom. The van der Waals surface area contributed by atoms with E-state index in [2.05, 4.69) is 21.0 Å². The predicted octanol–water partition coefficient (Wildman–Crippen LogP) is 3.39. The van der Waals surface area contributed by atoms with Crippen LogP contribution in [0.2, 0.25) is 0 Å². The molecule has 0 bridgehead atoms. The fraction of sp³-hybridized carbons (Fsp3) is 0.250. The SMILES string of the molecule is Cn1ncc(Br)c1C(N)c1cc(F)ccc1C(F)(F)F. The van der Waals surface area contributed by atoms with Crippen LogP contribution >= 0.6 is 15.9 Å². The zero-order valence-corrected chi connectivity index (χ0v) is 11.8. The van der Waals surface area contributed by atoms with Gasteiger partial charge in [0.1, 0.15) is 5.82 Å². The highest BCUT2D eigenvalue weighted by atomic mass is 79.9. The number of rotatable bonds is 2. The van der Waals surface area contributed by atoms with Gasteiger partial charge in [-0.25, -0.2) is 4.39 Å². The highest BCUT2D eigenvalue weighted by molar-refractivity contribution is 9.10. The molecule has 2 aromatic rings. The second kappa shape index (κ2) is 5.17. The largest absolute Gasteiger partial charge is 0.416 e. The normalized spacial score (nSPS) is 13.6. The molecule has 0 saturated carbocycles. The van der Waals surface area contributed by atoms with Crippen LogP contribution in [0.1, 0.15) is 22.9 Å². The molecule has 1 aromatic carbocycles. The highest BCUT2D eigenvalue weighted by Crippen LogP contribution is 2.37. The Kier molecular flexibility index (Phi) is 3.88. The van der Waals surface area contributed by atoms with E-state index in [0.717, 1.165) is 12.1 Å². The van der Waals surface area contributed by atoms with Crippen molar-refractivity contribution < 1.29 is 17.6 Å². The zero-order valence-electron chi connectivity index (χ0n) is 10.2. The van der Waals surface area contributed by atoms with E-state index < -0.39 is 23.6 Å². The fourth-order valence-corrected chi connectivity index (χ4v) is 2.56. The number of aryl methyl sites for hydroxylation is 1. The first-order valence-electron chi connectivity index (χ1n) is 5.51. The van der Waals surface area contributed by atoms with E-state index in [1.54, 1.807) is 7.05 Å². The van der Waals surface area contributed by atoms with Gasteiger partial charge in [0.25, 0.3) is 0 Å². The number of alkyl halides is 3. The number of nitrogens with zero attached hydrogens (tertiary/aromatic N) is 2. The van der Waals surface area contributed by atoms with Crippen LogP contribution in [0.15, 0.2) is 28.9 Å². The Morgan fingerprint density at radius 3 is 2.50 bits per heavy atom. The lowest BCUT2D eigenvalue weighted by molar-refractivity contribution is -0.138. The minimum absolute atomic E-state index is 0.332. The zero-order chi connectivity index (χ0) is 15.1. The lowest BCUT2D eigenvalue weighted by atomic mass is 9.98. The van der Waals surface area contributed by atoms with Crippen LogP contribution in [-0.2, 0) is 13.2 Å². The van der Waals surface area contributed by atoms with Crippen LogP contribution in [0.4, 0.5) is 17.6 Å². The maximum atomic E-state index is 13.3. The van der Waals surface area contributed by atoms with E-state index in [4.69, 9.17) is 5.73 Å². The molecule has 0 spiro atoms. The Morgan fingerprint density at radius 2 is 2.00 bits per heavy atom. The van der Waals surface area contributed by atoms with Crippen LogP contribution in [0.3, 0.4) is 0 Å². The van der Waals surface area contributed by atoms with Crippen molar-refractivity contribution in [3.8, 4) is 0 Å². The van der Waals surface area contributed by atoms with E-state index in [9.17, 15) is 17.6 Å². The summed E-state index contributed by atoms with van der Waals surface area (Å²) in [6.45, 7) is 0. The number of halogens is 5. The third kappa shape index (κ3) is 2.71. The van der Waals surface area contributed by atoms with Gasteiger partial charge in [0.2, 0.25) is 0 Å². The summed E-state index contributed by atoms with van der Waals surface area (Å²) in [5, 5.41) is 3.89. The lowest BCUT2D eigenvalue weighted by Gasteiger charge is -2.19. The summed E-state index contributed by atoms with van der Waals surface area (Å²) < 4.78 is 54.0. The van der Waals surface area contributed by atoms with Crippen molar-refractivity contribution in [2.24, 2.45) is 12.8 Å². The van der Waals surface area contributed by atoms with Gasteiger partial charge in [-0.15, -0.1) is 0 Å². The molecule has 0 amide bonds. The summed E-state index contributed by atoms with van der Waals surface area (Å²) in [5.41, 5.74) is 4.92. The molecule has 2 N–H and O–H groups in total. The van der Waals surface area contributed by atoms with Crippen LogP contribution in [0.5, 0.6) is 0 Å². The van der Waals surface area contributed by atoms with E-state index in [1.807, 2.05) is 0 Å². The van der Waals surface area contributed by atoms with E-state index >= 15 is 0 Å². The van der Waals surface area contributed by atoms with Gasteiger partial charge in [-0.1, -0.05) is 0 Å². The molecular weight excluding hydrogens is 342 g/mol. The average molecular weight is 352 g/mol. The first kappa shape index (κ1) is 15.0. The standard InChI is InChI=1S/C12H10BrF4N3/c1-20-11(9(13)5-19-20)10(18)7-4-6(14)2-3-8(7)12(15,16)17/h2-5,10H,18H2,1H3. The topological polar surface area (TPSA) is 43.8 Å². The van der Waals surface area contributed by atoms with Crippen LogP contribution in [0, 0.1) is 5.82 Å². The average Bonchev–Trinajstić information content (AvgIpc) is 2.66. The van der Waals surface area contributed by atoms with Crippen molar-refractivity contribution in [2.45, 2.75) is 12.2 Å². The predicted molar refractivity (Wildman–Crippen MR) is 68.3 cm³/mol. The molecule has 0 aliphatic carbocycles. The second-order valence-electron chi connectivity index (χ2n) is 4.21. The Hall–Kier alpha value is -1.41. The van der Waals surface area contributed by atoms with Crippen LogP contribution in [0.25, 0.3) is 0 Å². The van der Waals surface area contributed by atoms with Crippen LogP contribution < -0.4 is 5.73 Å². The van der Waals surface area contributed by atoms with E-state index in [0.29, 0.717) is 16.2 Å². The third-order valence-electron chi connectivity index (χ3n) is 2.89. The van der Waals surface area contributed by atoms with Crippen molar-refractivity contribution >= 4 is 15.9 Å². The van der Waals surface area contributed by atoms with Gasteiger partial charge in [0.05, 0.1) is 28.0 Å². The maximum Gasteiger partial charge on any atom is 0.416 e. The molecule has 0 radical (unpaired) electrons. The Bertz CT molecular complexity index is 617. The molecule has 1 aromatic heterocycles. The Balaban J connectivity index is 2.60. The molecule has 20 heavy (non-hydrogen) atoms. The number of aromatic nitrogens is 2. The van der Waals surface area contributed by atoms with E-state index in [-0.39, 0.29) is 5.56 Å². The second-order valence-corrected chi connectivity index (χ2v) is 5.06. The summed E-state index contributed by atoms with van der Waals surface area (Å²) in [5.74, 6) is -0.776. The van der Waals surface area contributed by atoms with Crippen molar-refractivity contribution in [1.29, 1.82) is 0 Å². The van der Waals surface area contributed by atoms with Crippen molar-refractivity contribution in [3.63, 3.8) is 0 Å². The van der Waals surface area contributed by atoms with Crippen molar-refractivity contribution in [3.05, 3.63) is 51.5 Å². The molecule has 1 heterocycles.